The van der Waals surface area contributed by atoms with Crippen LogP contribution in [0.3, 0.4) is 0 Å². The van der Waals surface area contributed by atoms with Crippen molar-refractivity contribution in [1.29, 1.82) is 0 Å². The highest BCUT2D eigenvalue weighted by atomic mass is 16.3. The first-order chi connectivity index (χ1) is 6.86. The van der Waals surface area contributed by atoms with Crippen molar-refractivity contribution in [3.63, 3.8) is 0 Å². The standard InChI is InChI=1S/C14H18O/c1-8-7-14(12(5)13(6)15)11(4)10(3)9(8)2/h7,15H,5-6H2,1-4H3. The minimum absolute atomic E-state index is 0.0424. The van der Waals surface area contributed by atoms with Gasteiger partial charge in [-0.3, -0.25) is 0 Å². The monoisotopic (exact) mass is 202 g/mol. The van der Waals surface area contributed by atoms with Crippen molar-refractivity contribution in [3.8, 4) is 0 Å². The van der Waals surface area contributed by atoms with Gasteiger partial charge < -0.3 is 5.11 Å². The summed E-state index contributed by atoms with van der Waals surface area (Å²) in [4.78, 5) is 0. The Morgan fingerprint density at radius 2 is 1.53 bits per heavy atom. The number of rotatable bonds is 2. The van der Waals surface area contributed by atoms with E-state index >= 15 is 0 Å². The highest BCUT2D eigenvalue weighted by Crippen LogP contribution is 2.28. The summed E-state index contributed by atoms with van der Waals surface area (Å²) in [6.07, 6.45) is 0. The van der Waals surface area contributed by atoms with Crippen molar-refractivity contribution >= 4 is 5.57 Å². The van der Waals surface area contributed by atoms with Crippen LogP contribution < -0.4 is 0 Å². The second-order valence-corrected chi connectivity index (χ2v) is 4.04. The number of aliphatic hydroxyl groups is 1. The van der Waals surface area contributed by atoms with Crippen LogP contribution in [0.25, 0.3) is 5.57 Å². The fraction of sp³-hybridized carbons (Fsp3) is 0.286. The molecular weight excluding hydrogens is 184 g/mol. The maximum absolute atomic E-state index is 9.36. The zero-order valence-corrected chi connectivity index (χ0v) is 9.94. The number of hydrogen-bond donors (Lipinski definition) is 1. The summed E-state index contributed by atoms with van der Waals surface area (Å²) in [7, 11) is 0. The van der Waals surface area contributed by atoms with E-state index in [0.717, 1.165) is 5.56 Å². The van der Waals surface area contributed by atoms with Gasteiger partial charge in [0.15, 0.2) is 0 Å². The fourth-order valence-corrected chi connectivity index (χ4v) is 1.68. The first-order valence-corrected chi connectivity index (χ1v) is 5.01. The SMILES string of the molecule is C=C(O)C(=C)c1cc(C)c(C)c(C)c1C. The molecule has 0 aliphatic rings. The van der Waals surface area contributed by atoms with E-state index in [1.54, 1.807) is 0 Å². The van der Waals surface area contributed by atoms with Crippen molar-refractivity contribution in [2.45, 2.75) is 27.7 Å². The summed E-state index contributed by atoms with van der Waals surface area (Å²) in [6, 6.07) is 2.06. The molecule has 1 nitrogen and oxygen atoms in total. The molecule has 15 heavy (non-hydrogen) atoms. The zero-order chi connectivity index (χ0) is 11.7. The highest BCUT2D eigenvalue weighted by Gasteiger charge is 2.10. The number of allylic oxidation sites excluding steroid dienone is 1. The van der Waals surface area contributed by atoms with E-state index in [2.05, 4.69) is 40.0 Å². The number of aliphatic hydroxyl groups excluding tert-OH is 1. The van der Waals surface area contributed by atoms with Gasteiger partial charge in [-0.15, -0.1) is 0 Å². The molecule has 1 heteroatoms. The van der Waals surface area contributed by atoms with Gasteiger partial charge in [-0.05, 0) is 55.5 Å². The molecule has 0 aliphatic heterocycles. The Kier molecular flexibility index (Phi) is 3.04. The topological polar surface area (TPSA) is 20.2 Å². The molecule has 0 saturated carbocycles. The second kappa shape index (κ2) is 3.93. The minimum atomic E-state index is 0.0424. The van der Waals surface area contributed by atoms with E-state index in [4.69, 9.17) is 0 Å². The third-order valence-electron chi connectivity index (χ3n) is 3.15. The molecule has 0 atom stereocenters. The normalized spacial score (nSPS) is 10.1. The van der Waals surface area contributed by atoms with Gasteiger partial charge in [-0.1, -0.05) is 19.2 Å². The van der Waals surface area contributed by atoms with Crippen LogP contribution in [-0.2, 0) is 0 Å². The van der Waals surface area contributed by atoms with E-state index in [1.165, 1.54) is 22.3 Å². The van der Waals surface area contributed by atoms with Gasteiger partial charge in [-0.2, -0.15) is 0 Å². The first-order valence-electron chi connectivity index (χ1n) is 5.01. The largest absolute Gasteiger partial charge is 0.508 e. The van der Waals surface area contributed by atoms with Gasteiger partial charge >= 0.3 is 0 Å². The van der Waals surface area contributed by atoms with Gasteiger partial charge in [-0.25, -0.2) is 0 Å². The molecule has 1 aromatic carbocycles. The lowest BCUT2D eigenvalue weighted by atomic mass is 9.91. The van der Waals surface area contributed by atoms with Crippen LogP contribution in [0.1, 0.15) is 27.8 Å². The predicted molar refractivity (Wildman–Crippen MR) is 66.2 cm³/mol. The number of benzene rings is 1. The Labute approximate surface area is 91.8 Å². The quantitative estimate of drug-likeness (QED) is 0.567. The van der Waals surface area contributed by atoms with Crippen LogP contribution >= 0.6 is 0 Å². The van der Waals surface area contributed by atoms with E-state index in [0.29, 0.717) is 5.57 Å². The molecule has 0 unspecified atom stereocenters. The van der Waals surface area contributed by atoms with Crippen LogP contribution in [0, 0.1) is 27.7 Å². The van der Waals surface area contributed by atoms with E-state index < -0.39 is 0 Å². The molecule has 1 aromatic rings. The molecule has 80 valence electrons. The van der Waals surface area contributed by atoms with Crippen molar-refractivity contribution in [2.75, 3.05) is 0 Å². The van der Waals surface area contributed by atoms with Gasteiger partial charge in [0.25, 0.3) is 0 Å². The molecule has 0 aliphatic carbocycles. The van der Waals surface area contributed by atoms with Crippen LogP contribution in [0.4, 0.5) is 0 Å². The molecule has 0 spiro atoms. The molecule has 0 saturated heterocycles. The van der Waals surface area contributed by atoms with Gasteiger partial charge in [0.05, 0.1) is 0 Å². The van der Waals surface area contributed by atoms with E-state index in [-0.39, 0.29) is 5.76 Å². The second-order valence-electron chi connectivity index (χ2n) is 4.04. The third kappa shape index (κ3) is 1.96. The van der Waals surface area contributed by atoms with E-state index in [9.17, 15) is 5.11 Å². The summed E-state index contributed by atoms with van der Waals surface area (Å²) >= 11 is 0. The average Bonchev–Trinajstić information content (AvgIpc) is 2.19. The summed E-state index contributed by atoms with van der Waals surface area (Å²) in [6.45, 7) is 15.7. The number of hydrogen-bond acceptors (Lipinski definition) is 1. The van der Waals surface area contributed by atoms with Crippen LogP contribution in [0.5, 0.6) is 0 Å². The summed E-state index contributed by atoms with van der Waals surface area (Å²) in [5.74, 6) is 0.0424. The van der Waals surface area contributed by atoms with Crippen molar-refractivity contribution in [1.82, 2.24) is 0 Å². The van der Waals surface area contributed by atoms with Crippen molar-refractivity contribution < 1.29 is 5.11 Å². The lowest BCUT2D eigenvalue weighted by Gasteiger charge is -2.15. The third-order valence-corrected chi connectivity index (χ3v) is 3.15. The Hall–Kier alpha value is -1.50. The minimum Gasteiger partial charge on any atom is -0.508 e. The van der Waals surface area contributed by atoms with Gasteiger partial charge in [0, 0.05) is 5.57 Å². The first kappa shape index (κ1) is 11.6. The molecule has 0 aromatic heterocycles. The summed E-state index contributed by atoms with van der Waals surface area (Å²) in [5, 5.41) is 9.36. The molecule has 0 radical (unpaired) electrons. The molecule has 1 rings (SSSR count). The Balaban J connectivity index is 3.45. The van der Waals surface area contributed by atoms with E-state index in [1.807, 2.05) is 6.92 Å². The van der Waals surface area contributed by atoms with Crippen LogP contribution in [-0.4, -0.2) is 5.11 Å². The van der Waals surface area contributed by atoms with Gasteiger partial charge in [0.1, 0.15) is 5.76 Å². The van der Waals surface area contributed by atoms with Crippen LogP contribution in [0.15, 0.2) is 25.0 Å². The molecule has 0 amide bonds. The van der Waals surface area contributed by atoms with Crippen molar-refractivity contribution in [2.24, 2.45) is 0 Å². The molecular formula is C14H18O. The molecule has 0 bridgehead atoms. The number of aryl methyl sites for hydroxylation is 1. The maximum atomic E-state index is 9.36. The highest BCUT2D eigenvalue weighted by molar-refractivity contribution is 5.77. The Bertz CT molecular complexity index is 439. The van der Waals surface area contributed by atoms with Crippen LogP contribution in [0.2, 0.25) is 0 Å². The lowest BCUT2D eigenvalue weighted by Crippen LogP contribution is -1.98. The Morgan fingerprint density at radius 1 is 1.00 bits per heavy atom. The average molecular weight is 202 g/mol. The lowest BCUT2D eigenvalue weighted by molar-refractivity contribution is 0.441. The summed E-state index contributed by atoms with van der Waals surface area (Å²) < 4.78 is 0. The smallest absolute Gasteiger partial charge is 0.115 e. The molecule has 0 heterocycles. The molecule has 0 fully saturated rings. The van der Waals surface area contributed by atoms with Gasteiger partial charge in [0.2, 0.25) is 0 Å². The maximum Gasteiger partial charge on any atom is 0.115 e. The summed E-state index contributed by atoms with van der Waals surface area (Å²) in [5.41, 5.74) is 6.54. The predicted octanol–water partition coefficient (Wildman–Crippen LogP) is 4.01. The zero-order valence-electron chi connectivity index (χ0n) is 9.94. The van der Waals surface area contributed by atoms with Crippen molar-refractivity contribution in [3.05, 3.63) is 52.8 Å². The molecule has 1 N–H and O–H groups in total. The fourth-order valence-electron chi connectivity index (χ4n) is 1.68. The Morgan fingerprint density at radius 3 is 2.00 bits per heavy atom.